The Morgan fingerprint density at radius 3 is 2.61 bits per heavy atom. The molecule has 0 atom stereocenters. The minimum atomic E-state index is 0.143. The number of benzene rings is 2. The van der Waals surface area contributed by atoms with Gasteiger partial charge in [-0.25, -0.2) is 0 Å². The second kappa shape index (κ2) is 6.00. The number of H-pyrrole nitrogens is 1. The molecule has 4 heteroatoms. The summed E-state index contributed by atoms with van der Waals surface area (Å²) in [5.74, 6) is 0.143. The average Bonchev–Trinajstić information content (AvgIpc) is 2.79. The summed E-state index contributed by atoms with van der Waals surface area (Å²) >= 11 is 2.24. The van der Waals surface area contributed by atoms with Gasteiger partial charge in [0.1, 0.15) is 0 Å². The fraction of sp³-hybridized carbons (Fsp3) is 0.211. The Bertz CT molecular complexity index is 884. The summed E-state index contributed by atoms with van der Waals surface area (Å²) in [4.78, 5) is 18.3. The van der Waals surface area contributed by atoms with E-state index in [0.29, 0.717) is 0 Å². The van der Waals surface area contributed by atoms with E-state index in [4.69, 9.17) is 0 Å². The molecule has 4 rings (SSSR count). The first kappa shape index (κ1) is 14.8. The van der Waals surface area contributed by atoms with Crippen molar-refractivity contribution in [3.05, 3.63) is 68.9 Å². The van der Waals surface area contributed by atoms with Crippen LogP contribution in [0.4, 0.5) is 0 Å². The molecule has 1 N–H and O–H groups in total. The number of para-hydroxylation sites is 1. The molecule has 0 aliphatic carbocycles. The van der Waals surface area contributed by atoms with Gasteiger partial charge in [-0.3, -0.25) is 4.79 Å². The highest BCUT2D eigenvalue weighted by molar-refractivity contribution is 14.1. The molecule has 0 saturated heterocycles. The first-order valence-corrected chi connectivity index (χ1v) is 8.94. The van der Waals surface area contributed by atoms with E-state index in [1.807, 2.05) is 29.2 Å². The summed E-state index contributed by atoms with van der Waals surface area (Å²) in [5.41, 5.74) is 4.67. The highest BCUT2D eigenvalue weighted by atomic mass is 127. The van der Waals surface area contributed by atoms with Crippen LogP contribution in [0.3, 0.4) is 0 Å². The monoisotopic (exact) mass is 416 g/mol. The maximum atomic E-state index is 12.8. The van der Waals surface area contributed by atoms with Gasteiger partial charge in [0.2, 0.25) is 0 Å². The van der Waals surface area contributed by atoms with Crippen molar-refractivity contribution in [3.63, 3.8) is 0 Å². The SMILES string of the molecule is O=C(c1ccccc1I)N1CCc2[nH]c3ccccc3c2CC1. The summed E-state index contributed by atoms with van der Waals surface area (Å²) in [5, 5.41) is 1.30. The Labute approximate surface area is 148 Å². The van der Waals surface area contributed by atoms with Crippen LogP contribution in [-0.2, 0) is 12.8 Å². The zero-order valence-corrected chi connectivity index (χ0v) is 14.8. The molecule has 0 spiro atoms. The van der Waals surface area contributed by atoms with E-state index in [-0.39, 0.29) is 5.91 Å². The fourth-order valence-electron chi connectivity index (χ4n) is 3.37. The predicted molar refractivity (Wildman–Crippen MR) is 101 cm³/mol. The summed E-state index contributed by atoms with van der Waals surface area (Å²) in [6.07, 6.45) is 1.80. The molecular formula is C19H17IN2O. The molecule has 0 bridgehead atoms. The zero-order valence-electron chi connectivity index (χ0n) is 12.7. The summed E-state index contributed by atoms with van der Waals surface area (Å²) in [7, 11) is 0. The third-order valence-corrected chi connectivity index (χ3v) is 5.50. The number of hydrogen-bond donors (Lipinski definition) is 1. The number of nitrogens with zero attached hydrogens (tertiary/aromatic N) is 1. The molecule has 3 aromatic rings. The van der Waals surface area contributed by atoms with Gasteiger partial charge in [0.25, 0.3) is 5.91 Å². The van der Waals surface area contributed by atoms with E-state index in [1.165, 1.54) is 22.2 Å². The van der Waals surface area contributed by atoms with Crippen molar-refractivity contribution in [1.29, 1.82) is 0 Å². The van der Waals surface area contributed by atoms with Gasteiger partial charge in [-0.05, 0) is 52.8 Å². The van der Waals surface area contributed by atoms with Gasteiger partial charge in [-0.2, -0.15) is 0 Å². The van der Waals surface area contributed by atoms with Gasteiger partial charge in [-0.1, -0.05) is 30.3 Å². The third-order valence-electron chi connectivity index (χ3n) is 4.56. The molecule has 1 amide bonds. The van der Waals surface area contributed by atoms with Crippen LogP contribution in [0.15, 0.2) is 48.5 Å². The van der Waals surface area contributed by atoms with E-state index in [2.05, 4.69) is 51.8 Å². The molecule has 1 aromatic heterocycles. The highest BCUT2D eigenvalue weighted by Crippen LogP contribution is 2.26. The minimum absolute atomic E-state index is 0.143. The Balaban J connectivity index is 1.61. The van der Waals surface area contributed by atoms with Crippen LogP contribution in [0.25, 0.3) is 10.9 Å². The summed E-state index contributed by atoms with van der Waals surface area (Å²) in [6, 6.07) is 16.2. The Kier molecular flexibility index (Phi) is 3.85. The van der Waals surface area contributed by atoms with Gasteiger partial charge >= 0.3 is 0 Å². The number of rotatable bonds is 1. The van der Waals surface area contributed by atoms with Crippen molar-refractivity contribution in [2.75, 3.05) is 13.1 Å². The quantitative estimate of drug-likeness (QED) is 0.598. The maximum Gasteiger partial charge on any atom is 0.254 e. The van der Waals surface area contributed by atoms with Crippen LogP contribution < -0.4 is 0 Å². The third kappa shape index (κ3) is 2.65. The number of hydrogen-bond acceptors (Lipinski definition) is 1. The molecule has 23 heavy (non-hydrogen) atoms. The number of aromatic nitrogens is 1. The second-order valence-electron chi connectivity index (χ2n) is 5.90. The minimum Gasteiger partial charge on any atom is -0.358 e. The predicted octanol–water partition coefficient (Wildman–Crippen LogP) is 4.01. The van der Waals surface area contributed by atoms with E-state index in [0.717, 1.165) is 35.1 Å². The van der Waals surface area contributed by atoms with Crippen molar-refractivity contribution in [3.8, 4) is 0 Å². The van der Waals surface area contributed by atoms with Crippen molar-refractivity contribution >= 4 is 39.4 Å². The van der Waals surface area contributed by atoms with E-state index in [1.54, 1.807) is 0 Å². The van der Waals surface area contributed by atoms with Crippen LogP contribution in [0.5, 0.6) is 0 Å². The number of fused-ring (bicyclic) bond motifs is 3. The fourth-order valence-corrected chi connectivity index (χ4v) is 3.99. The van der Waals surface area contributed by atoms with E-state index >= 15 is 0 Å². The molecule has 0 saturated carbocycles. The van der Waals surface area contributed by atoms with Gasteiger partial charge in [-0.15, -0.1) is 0 Å². The lowest BCUT2D eigenvalue weighted by atomic mass is 10.1. The first-order valence-electron chi connectivity index (χ1n) is 7.86. The van der Waals surface area contributed by atoms with Crippen LogP contribution in [-0.4, -0.2) is 28.9 Å². The van der Waals surface area contributed by atoms with E-state index in [9.17, 15) is 4.79 Å². The lowest BCUT2D eigenvalue weighted by Crippen LogP contribution is -2.33. The highest BCUT2D eigenvalue weighted by Gasteiger charge is 2.23. The molecular weight excluding hydrogens is 399 g/mol. The maximum absolute atomic E-state index is 12.8. The topological polar surface area (TPSA) is 36.1 Å². The molecule has 3 nitrogen and oxygen atoms in total. The Hall–Kier alpha value is -1.82. The number of carbonyl (C=O) groups excluding carboxylic acids is 1. The Morgan fingerprint density at radius 1 is 1.00 bits per heavy atom. The van der Waals surface area contributed by atoms with Gasteiger partial charge in [0.15, 0.2) is 0 Å². The summed E-state index contributed by atoms with van der Waals surface area (Å²) < 4.78 is 1.02. The van der Waals surface area contributed by atoms with Crippen molar-refractivity contribution in [2.24, 2.45) is 0 Å². The van der Waals surface area contributed by atoms with Crippen LogP contribution in [0.2, 0.25) is 0 Å². The van der Waals surface area contributed by atoms with Gasteiger partial charge < -0.3 is 9.88 Å². The largest absolute Gasteiger partial charge is 0.358 e. The molecule has 1 aliphatic heterocycles. The van der Waals surface area contributed by atoms with Crippen LogP contribution in [0.1, 0.15) is 21.6 Å². The van der Waals surface area contributed by atoms with Crippen LogP contribution in [0, 0.1) is 3.57 Å². The molecule has 0 radical (unpaired) electrons. The lowest BCUT2D eigenvalue weighted by molar-refractivity contribution is 0.0762. The normalized spacial score (nSPS) is 14.6. The summed E-state index contributed by atoms with van der Waals surface area (Å²) in [6.45, 7) is 1.54. The van der Waals surface area contributed by atoms with Gasteiger partial charge in [0, 0.05) is 39.7 Å². The molecule has 1 aliphatic rings. The second-order valence-corrected chi connectivity index (χ2v) is 7.06. The van der Waals surface area contributed by atoms with Crippen molar-refractivity contribution < 1.29 is 4.79 Å². The molecule has 0 unspecified atom stereocenters. The number of carbonyl (C=O) groups is 1. The van der Waals surface area contributed by atoms with Crippen LogP contribution >= 0.6 is 22.6 Å². The van der Waals surface area contributed by atoms with Crippen molar-refractivity contribution in [1.82, 2.24) is 9.88 Å². The molecule has 116 valence electrons. The lowest BCUT2D eigenvalue weighted by Gasteiger charge is -2.21. The molecule has 2 heterocycles. The zero-order chi connectivity index (χ0) is 15.8. The number of aromatic amines is 1. The van der Waals surface area contributed by atoms with Crippen molar-refractivity contribution in [2.45, 2.75) is 12.8 Å². The average molecular weight is 416 g/mol. The van der Waals surface area contributed by atoms with E-state index < -0.39 is 0 Å². The smallest absolute Gasteiger partial charge is 0.254 e. The first-order chi connectivity index (χ1) is 11.2. The number of halogens is 1. The standard InChI is InChI=1S/C19H17IN2O/c20-16-7-3-1-6-15(16)19(23)22-11-9-14-13-5-2-4-8-17(13)21-18(14)10-12-22/h1-8,21H,9-12H2. The van der Waals surface area contributed by atoms with Gasteiger partial charge in [0.05, 0.1) is 5.56 Å². The molecule has 0 fully saturated rings. The number of nitrogens with one attached hydrogen (secondary N) is 1. The number of amides is 1. The molecule has 2 aromatic carbocycles. The Morgan fingerprint density at radius 2 is 1.74 bits per heavy atom.